The maximum Gasteiger partial charge on any atom is 0.255 e. The molecule has 2 unspecified atom stereocenters. The van der Waals surface area contributed by atoms with Gasteiger partial charge in [0.2, 0.25) is 0 Å². The molecule has 1 aromatic heterocycles. The highest BCUT2D eigenvalue weighted by molar-refractivity contribution is 5.98. The van der Waals surface area contributed by atoms with E-state index in [0.29, 0.717) is 6.61 Å². The standard InChI is InChI=1S/C11H14FN3O2/c1-6-9(2-3-17-6)15-11(16)8-4-7(12)5-14-10(8)13/h4-6,9H,2-3H2,1H3,(H2,13,14)(H,15,16). The van der Waals surface area contributed by atoms with Crippen molar-refractivity contribution in [2.24, 2.45) is 0 Å². The number of nitrogens with zero attached hydrogens (tertiary/aromatic N) is 1. The molecule has 1 aromatic rings. The zero-order valence-electron chi connectivity index (χ0n) is 9.44. The number of ether oxygens (including phenoxy) is 1. The number of hydrogen-bond acceptors (Lipinski definition) is 4. The molecule has 3 N–H and O–H groups in total. The van der Waals surface area contributed by atoms with Gasteiger partial charge in [-0.2, -0.15) is 0 Å². The van der Waals surface area contributed by atoms with E-state index in [2.05, 4.69) is 10.3 Å². The Balaban J connectivity index is 2.11. The van der Waals surface area contributed by atoms with Crippen molar-refractivity contribution in [2.75, 3.05) is 12.3 Å². The van der Waals surface area contributed by atoms with E-state index in [0.717, 1.165) is 18.7 Å². The number of nitrogen functional groups attached to an aromatic ring is 1. The van der Waals surface area contributed by atoms with E-state index < -0.39 is 11.7 Å². The first kappa shape index (κ1) is 11.8. The van der Waals surface area contributed by atoms with E-state index in [1.165, 1.54) is 0 Å². The average Bonchev–Trinajstić information content (AvgIpc) is 2.68. The van der Waals surface area contributed by atoms with E-state index in [4.69, 9.17) is 10.5 Å². The summed E-state index contributed by atoms with van der Waals surface area (Å²) >= 11 is 0. The van der Waals surface area contributed by atoms with Crippen molar-refractivity contribution < 1.29 is 13.9 Å². The third kappa shape index (κ3) is 2.52. The van der Waals surface area contributed by atoms with Gasteiger partial charge in [-0.15, -0.1) is 0 Å². The maximum absolute atomic E-state index is 13.0. The van der Waals surface area contributed by atoms with Gasteiger partial charge in [-0.05, 0) is 19.4 Å². The molecular weight excluding hydrogens is 225 g/mol. The molecule has 2 rings (SSSR count). The van der Waals surface area contributed by atoms with Gasteiger partial charge in [-0.25, -0.2) is 9.37 Å². The second-order valence-electron chi connectivity index (χ2n) is 4.03. The maximum atomic E-state index is 13.0. The number of carbonyl (C=O) groups excluding carboxylic acids is 1. The van der Waals surface area contributed by atoms with Crippen molar-refractivity contribution in [3.8, 4) is 0 Å². The molecule has 1 saturated heterocycles. The van der Waals surface area contributed by atoms with Crippen LogP contribution in [0, 0.1) is 5.82 Å². The zero-order valence-corrected chi connectivity index (χ0v) is 9.44. The number of anilines is 1. The molecule has 17 heavy (non-hydrogen) atoms. The minimum atomic E-state index is -0.583. The summed E-state index contributed by atoms with van der Waals surface area (Å²) in [7, 11) is 0. The van der Waals surface area contributed by atoms with Crippen LogP contribution in [-0.4, -0.2) is 29.6 Å². The Labute approximate surface area is 98.2 Å². The van der Waals surface area contributed by atoms with Crippen LogP contribution in [0.15, 0.2) is 12.3 Å². The fourth-order valence-electron chi connectivity index (χ4n) is 1.80. The Bertz CT molecular complexity index is 439. The highest BCUT2D eigenvalue weighted by atomic mass is 19.1. The summed E-state index contributed by atoms with van der Waals surface area (Å²) in [4.78, 5) is 15.5. The Morgan fingerprint density at radius 3 is 3.12 bits per heavy atom. The van der Waals surface area contributed by atoms with Crippen molar-refractivity contribution >= 4 is 11.7 Å². The first-order valence-electron chi connectivity index (χ1n) is 5.41. The van der Waals surface area contributed by atoms with Gasteiger partial charge >= 0.3 is 0 Å². The van der Waals surface area contributed by atoms with E-state index in [9.17, 15) is 9.18 Å². The van der Waals surface area contributed by atoms with E-state index in [-0.39, 0.29) is 23.5 Å². The zero-order chi connectivity index (χ0) is 12.4. The summed E-state index contributed by atoms with van der Waals surface area (Å²) in [6.07, 6.45) is 1.69. The van der Waals surface area contributed by atoms with E-state index in [1.807, 2.05) is 6.92 Å². The predicted octanol–water partition coefficient (Wildman–Crippen LogP) is 0.710. The summed E-state index contributed by atoms with van der Waals surface area (Å²) in [6, 6.07) is 1.02. The Morgan fingerprint density at radius 1 is 1.71 bits per heavy atom. The lowest BCUT2D eigenvalue weighted by Crippen LogP contribution is -2.39. The molecule has 0 spiro atoms. The van der Waals surface area contributed by atoms with Crippen LogP contribution in [0.4, 0.5) is 10.2 Å². The molecule has 2 atom stereocenters. The molecule has 0 radical (unpaired) electrons. The van der Waals surface area contributed by atoms with Crippen molar-refractivity contribution in [1.82, 2.24) is 10.3 Å². The lowest BCUT2D eigenvalue weighted by molar-refractivity contribution is 0.0866. The molecule has 0 bridgehead atoms. The fourth-order valence-corrected chi connectivity index (χ4v) is 1.80. The van der Waals surface area contributed by atoms with Crippen molar-refractivity contribution in [2.45, 2.75) is 25.5 Å². The molecule has 1 fully saturated rings. The van der Waals surface area contributed by atoms with Crippen LogP contribution in [0.25, 0.3) is 0 Å². The lowest BCUT2D eigenvalue weighted by Gasteiger charge is -2.16. The van der Waals surface area contributed by atoms with Gasteiger partial charge in [-0.1, -0.05) is 0 Å². The second kappa shape index (κ2) is 4.67. The number of nitrogens with two attached hydrogens (primary N) is 1. The Kier molecular flexibility index (Phi) is 3.23. The monoisotopic (exact) mass is 239 g/mol. The summed E-state index contributed by atoms with van der Waals surface area (Å²) in [5, 5.41) is 2.76. The van der Waals surface area contributed by atoms with Crippen LogP contribution in [0.2, 0.25) is 0 Å². The normalized spacial score (nSPS) is 23.6. The van der Waals surface area contributed by atoms with Crippen molar-refractivity contribution in [3.63, 3.8) is 0 Å². The first-order chi connectivity index (χ1) is 8.08. The molecule has 6 heteroatoms. The number of aromatic nitrogens is 1. The van der Waals surface area contributed by atoms with Crippen LogP contribution < -0.4 is 11.1 Å². The van der Waals surface area contributed by atoms with E-state index in [1.54, 1.807) is 0 Å². The summed E-state index contributed by atoms with van der Waals surface area (Å²) in [5.74, 6) is -0.979. The van der Waals surface area contributed by atoms with Crippen molar-refractivity contribution in [1.29, 1.82) is 0 Å². The van der Waals surface area contributed by atoms with Crippen LogP contribution in [0.1, 0.15) is 23.7 Å². The van der Waals surface area contributed by atoms with Gasteiger partial charge in [0.15, 0.2) is 0 Å². The van der Waals surface area contributed by atoms with Gasteiger partial charge in [0.1, 0.15) is 11.6 Å². The molecule has 1 aliphatic rings. The minimum Gasteiger partial charge on any atom is -0.383 e. The van der Waals surface area contributed by atoms with Crippen molar-refractivity contribution in [3.05, 3.63) is 23.6 Å². The number of nitrogens with one attached hydrogen (secondary N) is 1. The summed E-state index contributed by atoms with van der Waals surface area (Å²) in [5.41, 5.74) is 5.59. The largest absolute Gasteiger partial charge is 0.383 e. The first-order valence-corrected chi connectivity index (χ1v) is 5.41. The van der Waals surface area contributed by atoms with Gasteiger partial charge in [-0.3, -0.25) is 4.79 Å². The van der Waals surface area contributed by atoms with Crippen LogP contribution in [-0.2, 0) is 4.74 Å². The SMILES string of the molecule is CC1OCCC1NC(=O)c1cc(F)cnc1N. The second-order valence-corrected chi connectivity index (χ2v) is 4.03. The summed E-state index contributed by atoms with van der Waals surface area (Å²) in [6.45, 7) is 2.49. The molecule has 0 aliphatic carbocycles. The molecule has 92 valence electrons. The number of halogens is 1. The average molecular weight is 239 g/mol. The van der Waals surface area contributed by atoms with Crippen LogP contribution in [0.3, 0.4) is 0 Å². The quantitative estimate of drug-likeness (QED) is 0.796. The molecule has 5 nitrogen and oxygen atoms in total. The molecule has 2 heterocycles. The highest BCUT2D eigenvalue weighted by Crippen LogP contribution is 2.15. The van der Waals surface area contributed by atoms with Crippen LogP contribution in [0.5, 0.6) is 0 Å². The lowest BCUT2D eigenvalue weighted by atomic mass is 10.1. The number of pyridine rings is 1. The van der Waals surface area contributed by atoms with Crippen LogP contribution >= 0.6 is 0 Å². The smallest absolute Gasteiger partial charge is 0.255 e. The Morgan fingerprint density at radius 2 is 2.47 bits per heavy atom. The third-order valence-electron chi connectivity index (χ3n) is 2.82. The molecule has 0 aromatic carbocycles. The number of hydrogen-bond donors (Lipinski definition) is 2. The number of amides is 1. The molecule has 1 aliphatic heterocycles. The third-order valence-corrected chi connectivity index (χ3v) is 2.82. The van der Waals surface area contributed by atoms with E-state index >= 15 is 0 Å². The topological polar surface area (TPSA) is 77.2 Å². The molecular formula is C11H14FN3O2. The van der Waals surface area contributed by atoms with Gasteiger partial charge in [0, 0.05) is 6.61 Å². The van der Waals surface area contributed by atoms with Gasteiger partial charge < -0.3 is 15.8 Å². The highest BCUT2D eigenvalue weighted by Gasteiger charge is 2.26. The Hall–Kier alpha value is -1.69. The number of carbonyl (C=O) groups is 1. The number of rotatable bonds is 2. The molecule has 1 amide bonds. The van der Waals surface area contributed by atoms with Gasteiger partial charge in [0.25, 0.3) is 5.91 Å². The predicted molar refractivity (Wildman–Crippen MR) is 59.9 cm³/mol. The van der Waals surface area contributed by atoms with Gasteiger partial charge in [0.05, 0.1) is 23.9 Å². The summed E-state index contributed by atoms with van der Waals surface area (Å²) < 4.78 is 18.3. The fraction of sp³-hybridized carbons (Fsp3) is 0.455. The molecule has 0 saturated carbocycles. The minimum absolute atomic E-state index is 0.0236.